The van der Waals surface area contributed by atoms with E-state index in [4.69, 9.17) is 4.74 Å². The molecular formula is C25H29NO. The molecule has 0 bridgehead atoms. The Balaban J connectivity index is 1.51. The smallest absolute Gasteiger partial charge is 0.124 e. The maximum atomic E-state index is 6.10. The summed E-state index contributed by atoms with van der Waals surface area (Å²) in [5, 5.41) is 3.64. The second kappa shape index (κ2) is 9.94. The summed E-state index contributed by atoms with van der Waals surface area (Å²) in [6.07, 6.45) is 2.22. The SMILES string of the molecule is Cc1cccc(COc2ccccc2CNC(C)CCc2ccccc2)c1. The van der Waals surface area contributed by atoms with Crippen LogP contribution in [0.2, 0.25) is 0 Å². The Labute approximate surface area is 163 Å². The highest BCUT2D eigenvalue weighted by Gasteiger charge is 2.07. The molecule has 140 valence electrons. The monoisotopic (exact) mass is 359 g/mol. The van der Waals surface area contributed by atoms with Crippen molar-refractivity contribution in [2.24, 2.45) is 0 Å². The van der Waals surface area contributed by atoms with Crippen molar-refractivity contribution in [2.45, 2.75) is 45.9 Å². The Kier molecular flexibility index (Phi) is 7.06. The largest absolute Gasteiger partial charge is 0.489 e. The van der Waals surface area contributed by atoms with Crippen LogP contribution in [0.5, 0.6) is 5.75 Å². The highest BCUT2D eigenvalue weighted by Crippen LogP contribution is 2.20. The molecule has 0 aliphatic heterocycles. The number of hydrogen-bond donors (Lipinski definition) is 1. The molecule has 0 radical (unpaired) electrons. The Morgan fingerprint density at radius 3 is 2.41 bits per heavy atom. The predicted molar refractivity (Wildman–Crippen MR) is 113 cm³/mol. The van der Waals surface area contributed by atoms with Gasteiger partial charge in [0.25, 0.3) is 0 Å². The zero-order valence-corrected chi connectivity index (χ0v) is 16.3. The van der Waals surface area contributed by atoms with Crippen LogP contribution >= 0.6 is 0 Å². The minimum Gasteiger partial charge on any atom is -0.489 e. The zero-order chi connectivity index (χ0) is 18.9. The number of nitrogens with one attached hydrogen (secondary N) is 1. The molecule has 27 heavy (non-hydrogen) atoms. The van der Waals surface area contributed by atoms with E-state index in [-0.39, 0.29) is 0 Å². The summed E-state index contributed by atoms with van der Waals surface area (Å²) < 4.78 is 6.10. The zero-order valence-electron chi connectivity index (χ0n) is 16.3. The van der Waals surface area contributed by atoms with Gasteiger partial charge in [-0.3, -0.25) is 0 Å². The number of aryl methyl sites for hydroxylation is 2. The summed E-state index contributed by atoms with van der Waals surface area (Å²) in [5.74, 6) is 0.960. The van der Waals surface area contributed by atoms with Crippen LogP contribution in [0.15, 0.2) is 78.9 Å². The predicted octanol–water partition coefficient (Wildman–Crippen LogP) is 5.68. The van der Waals surface area contributed by atoms with Crippen LogP contribution in [0.3, 0.4) is 0 Å². The quantitative estimate of drug-likeness (QED) is 0.530. The van der Waals surface area contributed by atoms with Gasteiger partial charge >= 0.3 is 0 Å². The molecule has 1 N–H and O–H groups in total. The van der Waals surface area contributed by atoms with Crippen molar-refractivity contribution in [1.29, 1.82) is 0 Å². The van der Waals surface area contributed by atoms with E-state index in [1.54, 1.807) is 0 Å². The number of rotatable bonds is 9. The van der Waals surface area contributed by atoms with E-state index in [1.165, 1.54) is 22.3 Å². The van der Waals surface area contributed by atoms with Crippen molar-refractivity contribution in [3.05, 3.63) is 101 Å². The van der Waals surface area contributed by atoms with Crippen LogP contribution in [0.4, 0.5) is 0 Å². The van der Waals surface area contributed by atoms with Gasteiger partial charge in [0.1, 0.15) is 12.4 Å². The number of para-hydroxylation sites is 1. The average molecular weight is 360 g/mol. The molecule has 0 amide bonds. The molecule has 0 aliphatic rings. The van der Waals surface area contributed by atoms with E-state index in [0.29, 0.717) is 12.6 Å². The summed E-state index contributed by atoms with van der Waals surface area (Å²) in [7, 11) is 0. The van der Waals surface area contributed by atoms with Crippen molar-refractivity contribution in [1.82, 2.24) is 5.32 Å². The molecule has 0 saturated heterocycles. The van der Waals surface area contributed by atoms with Crippen LogP contribution in [0.1, 0.15) is 35.6 Å². The third kappa shape index (κ3) is 6.26. The van der Waals surface area contributed by atoms with E-state index < -0.39 is 0 Å². The van der Waals surface area contributed by atoms with E-state index in [9.17, 15) is 0 Å². The molecule has 0 aliphatic carbocycles. The molecular weight excluding hydrogens is 330 g/mol. The van der Waals surface area contributed by atoms with Gasteiger partial charge in [0.05, 0.1) is 0 Å². The summed E-state index contributed by atoms with van der Waals surface area (Å²) in [5.41, 5.74) is 5.07. The molecule has 2 heteroatoms. The van der Waals surface area contributed by atoms with Crippen molar-refractivity contribution < 1.29 is 4.74 Å². The topological polar surface area (TPSA) is 21.3 Å². The average Bonchev–Trinajstić information content (AvgIpc) is 2.70. The van der Waals surface area contributed by atoms with E-state index >= 15 is 0 Å². The lowest BCUT2D eigenvalue weighted by molar-refractivity contribution is 0.301. The standard InChI is InChI=1S/C25H29NO/c1-20-9-8-12-23(17-20)19-27-25-14-7-6-13-24(25)18-26-21(2)15-16-22-10-4-3-5-11-22/h3-14,17,21,26H,15-16,18-19H2,1-2H3. The maximum Gasteiger partial charge on any atom is 0.124 e. The lowest BCUT2D eigenvalue weighted by Gasteiger charge is -2.16. The molecule has 0 spiro atoms. The van der Waals surface area contributed by atoms with Crippen molar-refractivity contribution >= 4 is 0 Å². The summed E-state index contributed by atoms with van der Waals surface area (Å²) in [4.78, 5) is 0. The van der Waals surface area contributed by atoms with Gasteiger partial charge in [0.2, 0.25) is 0 Å². The highest BCUT2D eigenvalue weighted by atomic mass is 16.5. The Morgan fingerprint density at radius 2 is 1.59 bits per heavy atom. The second-order valence-corrected chi connectivity index (χ2v) is 7.19. The summed E-state index contributed by atoms with van der Waals surface area (Å²) in [6.45, 7) is 5.78. The first-order valence-corrected chi connectivity index (χ1v) is 9.74. The van der Waals surface area contributed by atoms with Crippen molar-refractivity contribution in [2.75, 3.05) is 0 Å². The summed E-state index contributed by atoms with van der Waals surface area (Å²) in [6, 6.07) is 27.9. The maximum absolute atomic E-state index is 6.10. The third-order valence-electron chi connectivity index (χ3n) is 4.80. The number of ether oxygens (including phenoxy) is 1. The van der Waals surface area contributed by atoms with Gasteiger partial charge in [-0.15, -0.1) is 0 Å². The number of hydrogen-bond acceptors (Lipinski definition) is 2. The minimum atomic E-state index is 0.454. The Bertz CT molecular complexity index is 828. The molecule has 3 aromatic carbocycles. The van der Waals surface area contributed by atoms with Gasteiger partial charge in [-0.2, -0.15) is 0 Å². The van der Waals surface area contributed by atoms with E-state index in [1.807, 2.05) is 6.07 Å². The van der Waals surface area contributed by atoms with E-state index in [2.05, 4.69) is 92.0 Å². The molecule has 2 nitrogen and oxygen atoms in total. The molecule has 3 aromatic rings. The van der Waals surface area contributed by atoms with Gasteiger partial charge in [-0.1, -0.05) is 78.4 Å². The molecule has 1 atom stereocenters. The lowest BCUT2D eigenvalue weighted by Crippen LogP contribution is -2.26. The first-order chi connectivity index (χ1) is 13.2. The fourth-order valence-electron chi connectivity index (χ4n) is 3.17. The Morgan fingerprint density at radius 1 is 0.852 bits per heavy atom. The second-order valence-electron chi connectivity index (χ2n) is 7.19. The minimum absolute atomic E-state index is 0.454. The molecule has 0 heterocycles. The van der Waals surface area contributed by atoms with Gasteiger partial charge in [0, 0.05) is 18.2 Å². The van der Waals surface area contributed by atoms with Gasteiger partial charge < -0.3 is 10.1 Å². The Hall–Kier alpha value is -2.58. The normalized spacial score (nSPS) is 11.9. The lowest BCUT2D eigenvalue weighted by atomic mass is 10.1. The fourth-order valence-corrected chi connectivity index (χ4v) is 3.17. The molecule has 0 saturated carbocycles. The molecule has 0 aromatic heterocycles. The first-order valence-electron chi connectivity index (χ1n) is 9.74. The van der Waals surface area contributed by atoms with Crippen LogP contribution in [-0.4, -0.2) is 6.04 Å². The molecule has 1 unspecified atom stereocenters. The van der Waals surface area contributed by atoms with E-state index in [0.717, 1.165) is 25.1 Å². The third-order valence-corrected chi connectivity index (χ3v) is 4.80. The number of benzene rings is 3. The highest BCUT2D eigenvalue weighted by molar-refractivity contribution is 5.33. The van der Waals surface area contributed by atoms with Crippen molar-refractivity contribution in [3.8, 4) is 5.75 Å². The molecule has 3 rings (SSSR count). The van der Waals surface area contributed by atoms with Gasteiger partial charge in [-0.25, -0.2) is 0 Å². The van der Waals surface area contributed by atoms with Crippen LogP contribution < -0.4 is 10.1 Å². The van der Waals surface area contributed by atoms with Crippen molar-refractivity contribution in [3.63, 3.8) is 0 Å². The van der Waals surface area contributed by atoms with Crippen LogP contribution in [0, 0.1) is 6.92 Å². The first kappa shape index (κ1) is 19.2. The fraction of sp³-hybridized carbons (Fsp3) is 0.280. The van der Waals surface area contributed by atoms with Gasteiger partial charge in [-0.05, 0) is 43.9 Å². The van der Waals surface area contributed by atoms with Crippen LogP contribution in [0.25, 0.3) is 0 Å². The van der Waals surface area contributed by atoms with Gasteiger partial charge in [0.15, 0.2) is 0 Å². The molecule has 0 fully saturated rings. The summed E-state index contributed by atoms with van der Waals surface area (Å²) >= 11 is 0. The van der Waals surface area contributed by atoms with Crippen LogP contribution in [-0.2, 0) is 19.6 Å².